The minimum atomic E-state index is -0.452. The van der Waals surface area contributed by atoms with E-state index in [1.165, 1.54) is 18.2 Å². The fourth-order valence-electron chi connectivity index (χ4n) is 3.44. The van der Waals surface area contributed by atoms with Crippen LogP contribution in [0.5, 0.6) is 11.5 Å². The normalized spacial score (nSPS) is 19.1. The lowest BCUT2D eigenvalue weighted by atomic mass is 10.0. The first kappa shape index (κ1) is 16.2. The first-order valence-electron chi connectivity index (χ1n) is 8.29. The van der Waals surface area contributed by atoms with Crippen LogP contribution in [0.25, 0.3) is 0 Å². The number of fused-ring (bicyclic) bond motifs is 1. The summed E-state index contributed by atoms with van der Waals surface area (Å²) in [6, 6.07) is 9.62. The van der Waals surface area contributed by atoms with Gasteiger partial charge in [-0.15, -0.1) is 0 Å². The van der Waals surface area contributed by atoms with Crippen molar-refractivity contribution >= 4 is 17.5 Å². The summed E-state index contributed by atoms with van der Waals surface area (Å²) in [6.45, 7) is 1.71. The molecule has 2 aliphatic rings. The van der Waals surface area contributed by atoms with Crippen molar-refractivity contribution in [1.29, 1.82) is 0 Å². The molecule has 6 heteroatoms. The standard InChI is InChI=1S/C19H17ClFNO3/c20-15-11-13(21)4-5-14(15)19(23)22-7-1-2-16(22)12-3-6-17-18(10-12)25-9-8-24-17/h3-6,10-11,16H,1-2,7-9H2. The highest BCUT2D eigenvalue weighted by Gasteiger charge is 2.32. The van der Waals surface area contributed by atoms with Crippen LogP contribution < -0.4 is 9.47 Å². The second-order valence-electron chi connectivity index (χ2n) is 6.18. The number of hydrogen-bond acceptors (Lipinski definition) is 3. The van der Waals surface area contributed by atoms with Crippen LogP contribution in [0.1, 0.15) is 34.8 Å². The molecular weight excluding hydrogens is 345 g/mol. The van der Waals surface area contributed by atoms with Crippen molar-refractivity contribution < 1.29 is 18.7 Å². The number of rotatable bonds is 2. The molecule has 1 atom stereocenters. The molecule has 1 saturated heterocycles. The third-order valence-electron chi connectivity index (χ3n) is 4.63. The average Bonchev–Trinajstić information content (AvgIpc) is 3.10. The van der Waals surface area contributed by atoms with Gasteiger partial charge in [0.15, 0.2) is 11.5 Å². The van der Waals surface area contributed by atoms with Crippen molar-refractivity contribution in [3.63, 3.8) is 0 Å². The van der Waals surface area contributed by atoms with Gasteiger partial charge in [0.05, 0.1) is 16.6 Å². The SMILES string of the molecule is O=C(c1ccc(F)cc1Cl)N1CCCC1c1ccc2c(c1)OCCO2. The van der Waals surface area contributed by atoms with Crippen LogP contribution in [-0.4, -0.2) is 30.6 Å². The second kappa shape index (κ2) is 6.56. The Kier molecular flexibility index (Phi) is 4.25. The largest absolute Gasteiger partial charge is 0.486 e. The number of halogens is 2. The molecule has 4 rings (SSSR count). The summed E-state index contributed by atoms with van der Waals surface area (Å²) in [5, 5.41) is 0.137. The van der Waals surface area contributed by atoms with E-state index < -0.39 is 5.82 Å². The Morgan fingerprint density at radius 3 is 2.72 bits per heavy atom. The van der Waals surface area contributed by atoms with Crippen molar-refractivity contribution in [3.05, 3.63) is 58.4 Å². The molecule has 2 aromatic carbocycles. The van der Waals surface area contributed by atoms with Gasteiger partial charge in [0.2, 0.25) is 0 Å². The molecule has 0 N–H and O–H groups in total. The molecule has 4 nitrogen and oxygen atoms in total. The summed E-state index contributed by atoms with van der Waals surface area (Å²) >= 11 is 6.07. The Balaban J connectivity index is 1.63. The van der Waals surface area contributed by atoms with Gasteiger partial charge in [-0.05, 0) is 48.7 Å². The Morgan fingerprint density at radius 1 is 1.12 bits per heavy atom. The number of carbonyl (C=O) groups excluding carboxylic acids is 1. The van der Waals surface area contributed by atoms with Crippen LogP contribution in [0.2, 0.25) is 5.02 Å². The van der Waals surface area contributed by atoms with Crippen LogP contribution in [0.4, 0.5) is 4.39 Å². The minimum Gasteiger partial charge on any atom is -0.486 e. The molecule has 0 radical (unpaired) electrons. The van der Waals surface area contributed by atoms with Crippen molar-refractivity contribution in [1.82, 2.24) is 4.90 Å². The lowest BCUT2D eigenvalue weighted by Gasteiger charge is -2.27. The number of likely N-dealkylation sites (tertiary alicyclic amines) is 1. The summed E-state index contributed by atoms with van der Waals surface area (Å²) in [6.07, 6.45) is 1.77. The summed E-state index contributed by atoms with van der Waals surface area (Å²) in [7, 11) is 0. The maximum absolute atomic E-state index is 13.3. The van der Waals surface area contributed by atoms with Gasteiger partial charge < -0.3 is 14.4 Å². The maximum atomic E-state index is 13.3. The van der Waals surface area contributed by atoms with Crippen LogP contribution >= 0.6 is 11.6 Å². The van der Waals surface area contributed by atoms with E-state index in [1.54, 1.807) is 4.90 Å². The molecular formula is C19H17ClFNO3. The Morgan fingerprint density at radius 2 is 1.92 bits per heavy atom. The van der Waals surface area contributed by atoms with E-state index in [4.69, 9.17) is 21.1 Å². The number of benzene rings is 2. The van der Waals surface area contributed by atoms with Crippen molar-refractivity contribution in [2.45, 2.75) is 18.9 Å². The van der Waals surface area contributed by atoms with E-state index in [0.29, 0.717) is 31.1 Å². The molecule has 1 unspecified atom stereocenters. The average molecular weight is 362 g/mol. The number of carbonyl (C=O) groups is 1. The van der Waals surface area contributed by atoms with Crippen LogP contribution in [-0.2, 0) is 0 Å². The molecule has 1 fully saturated rings. The van der Waals surface area contributed by atoms with Gasteiger partial charge in [-0.3, -0.25) is 4.79 Å². The molecule has 2 aliphatic heterocycles. The van der Waals surface area contributed by atoms with Crippen molar-refractivity contribution in [2.75, 3.05) is 19.8 Å². The molecule has 130 valence electrons. The number of nitrogens with zero attached hydrogens (tertiary/aromatic N) is 1. The van der Waals surface area contributed by atoms with E-state index in [-0.39, 0.29) is 17.0 Å². The van der Waals surface area contributed by atoms with Crippen LogP contribution in [0, 0.1) is 5.82 Å². The summed E-state index contributed by atoms with van der Waals surface area (Å²) < 4.78 is 24.5. The zero-order chi connectivity index (χ0) is 17.4. The zero-order valence-corrected chi connectivity index (χ0v) is 14.3. The van der Waals surface area contributed by atoms with Gasteiger partial charge in [-0.25, -0.2) is 4.39 Å². The predicted octanol–water partition coefficient (Wildman–Crippen LogP) is 4.23. The van der Waals surface area contributed by atoms with Crippen molar-refractivity contribution in [2.24, 2.45) is 0 Å². The summed E-state index contributed by atoms with van der Waals surface area (Å²) in [5.74, 6) is 0.809. The van der Waals surface area contributed by atoms with Gasteiger partial charge in [-0.1, -0.05) is 17.7 Å². The van der Waals surface area contributed by atoms with Crippen LogP contribution in [0.3, 0.4) is 0 Å². The Labute approximate surface area is 150 Å². The highest BCUT2D eigenvalue weighted by atomic mass is 35.5. The van der Waals surface area contributed by atoms with E-state index in [2.05, 4.69) is 0 Å². The number of ether oxygens (including phenoxy) is 2. The summed E-state index contributed by atoms with van der Waals surface area (Å²) in [4.78, 5) is 14.7. The quantitative estimate of drug-likeness (QED) is 0.803. The maximum Gasteiger partial charge on any atom is 0.255 e. The lowest BCUT2D eigenvalue weighted by Crippen LogP contribution is -2.31. The van der Waals surface area contributed by atoms with E-state index in [1.807, 2.05) is 18.2 Å². The minimum absolute atomic E-state index is 0.0514. The Hall–Kier alpha value is -2.27. The molecule has 1 amide bonds. The van der Waals surface area contributed by atoms with Gasteiger partial charge in [0.1, 0.15) is 19.0 Å². The molecule has 0 aliphatic carbocycles. The molecule has 0 aromatic heterocycles. The molecule has 2 heterocycles. The Bertz CT molecular complexity index is 826. The van der Waals surface area contributed by atoms with E-state index in [9.17, 15) is 9.18 Å². The highest BCUT2D eigenvalue weighted by Crippen LogP contribution is 2.39. The fraction of sp³-hybridized carbons (Fsp3) is 0.316. The predicted molar refractivity (Wildman–Crippen MR) is 91.9 cm³/mol. The first-order valence-corrected chi connectivity index (χ1v) is 8.67. The molecule has 2 aromatic rings. The van der Waals surface area contributed by atoms with Crippen LogP contribution in [0.15, 0.2) is 36.4 Å². The third-order valence-corrected chi connectivity index (χ3v) is 4.94. The van der Waals surface area contributed by atoms with E-state index >= 15 is 0 Å². The van der Waals surface area contributed by atoms with Gasteiger partial charge in [0.25, 0.3) is 5.91 Å². The van der Waals surface area contributed by atoms with Gasteiger partial charge in [0, 0.05) is 6.54 Å². The van der Waals surface area contributed by atoms with Gasteiger partial charge >= 0.3 is 0 Å². The molecule has 25 heavy (non-hydrogen) atoms. The van der Waals surface area contributed by atoms with Gasteiger partial charge in [-0.2, -0.15) is 0 Å². The number of hydrogen-bond donors (Lipinski definition) is 0. The molecule has 0 bridgehead atoms. The fourth-order valence-corrected chi connectivity index (χ4v) is 3.69. The topological polar surface area (TPSA) is 38.8 Å². The smallest absolute Gasteiger partial charge is 0.255 e. The van der Waals surface area contributed by atoms with Crippen molar-refractivity contribution in [3.8, 4) is 11.5 Å². The monoisotopic (exact) mass is 361 g/mol. The van der Waals surface area contributed by atoms with E-state index in [0.717, 1.165) is 24.2 Å². The lowest BCUT2D eigenvalue weighted by molar-refractivity contribution is 0.0735. The second-order valence-corrected chi connectivity index (χ2v) is 6.59. The molecule has 0 saturated carbocycles. The summed E-state index contributed by atoms with van der Waals surface area (Å²) in [5.41, 5.74) is 1.33. The zero-order valence-electron chi connectivity index (χ0n) is 13.5. The first-order chi connectivity index (χ1) is 12.1. The molecule has 0 spiro atoms. The number of amides is 1. The third kappa shape index (κ3) is 3.04. The highest BCUT2D eigenvalue weighted by molar-refractivity contribution is 6.33.